The summed E-state index contributed by atoms with van der Waals surface area (Å²) < 4.78 is 5.17. The number of nitrogens with one attached hydrogen (secondary N) is 1. The fourth-order valence-electron chi connectivity index (χ4n) is 2.90. The van der Waals surface area contributed by atoms with Crippen molar-refractivity contribution < 1.29 is 9.32 Å². The molecule has 1 N–H and O–H groups in total. The van der Waals surface area contributed by atoms with E-state index in [0.29, 0.717) is 5.75 Å². The van der Waals surface area contributed by atoms with E-state index in [4.69, 9.17) is 4.52 Å². The number of aryl methyl sites for hydroxylation is 2. The van der Waals surface area contributed by atoms with Gasteiger partial charge >= 0.3 is 0 Å². The molecule has 0 bridgehead atoms. The number of pyridine rings is 1. The van der Waals surface area contributed by atoms with Crippen molar-refractivity contribution in [2.75, 3.05) is 25.4 Å². The third-order valence-electron chi connectivity index (χ3n) is 4.29. The summed E-state index contributed by atoms with van der Waals surface area (Å²) >= 11 is 1.61. The van der Waals surface area contributed by atoms with Crippen LogP contribution in [-0.2, 0) is 10.5 Å². The van der Waals surface area contributed by atoms with Crippen molar-refractivity contribution >= 4 is 30.1 Å². The second kappa shape index (κ2) is 9.22. The maximum absolute atomic E-state index is 12.7. The molecule has 1 aliphatic heterocycles. The standard InChI is InChI=1S/C17H22N4O2S.ClH/c1-12-15(13(2)23-20-12)10-24-11-17(22)21-7-6-19-9-16(21)14-4-3-5-18-8-14;/h3-5,8,16,19H,6-7,9-11H2,1-2H3;1H. The van der Waals surface area contributed by atoms with Crippen LogP contribution in [0.2, 0.25) is 0 Å². The average Bonchev–Trinajstić information content (AvgIpc) is 2.94. The first kappa shape index (κ1) is 19.8. The second-order valence-electron chi connectivity index (χ2n) is 5.89. The first-order valence-corrected chi connectivity index (χ1v) is 9.22. The van der Waals surface area contributed by atoms with Crippen LogP contribution in [0.25, 0.3) is 0 Å². The van der Waals surface area contributed by atoms with E-state index in [1.165, 1.54) is 0 Å². The topological polar surface area (TPSA) is 71.3 Å². The minimum atomic E-state index is 0. The Morgan fingerprint density at radius 1 is 1.48 bits per heavy atom. The Bertz CT molecular complexity index is 676. The molecule has 1 unspecified atom stereocenters. The summed E-state index contributed by atoms with van der Waals surface area (Å²) in [6, 6.07) is 4.00. The smallest absolute Gasteiger partial charge is 0.233 e. The molecule has 3 heterocycles. The van der Waals surface area contributed by atoms with Gasteiger partial charge in [-0.3, -0.25) is 9.78 Å². The molecular weight excluding hydrogens is 360 g/mol. The maximum atomic E-state index is 12.7. The fraction of sp³-hybridized carbons (Fsp3) is 0.471. The van der Waals surface area contributed by atoms with Gasteiger partial charge in [0.1, 0.15) is 5.76 Å². The van der Waals surface area contributed by atoms with Crippen LogP contribution in [0.5, 0.6) is 0 Å². The van der Waals surface area contributed by atoms with E-state index in [-0.39, 0.29) is 24.4 Å². The lowest BCUT2D eigenvalue weighted by Crippen LogP contribution is -2.49. The van der Waals surface area contributed by atoms with Gasteiger partial charge in [-0.25, -0.2) is 0 Å². The molecule has 6 nitrogen and oxygen atoms in total. The number of amides is 1. The van der Waals surface area contributed by atoms with Crippen LogP contribution < -0.4 is 5.32 Å². The number of aromatic nitrogens is 2. The average molecular weight is 383 g/mol. The Morgan fingerprint density at radius 3 is 3.00 bits per heavy atom. The summed E-state index contributed by atoms with van der Waals surface area (Å²) in [5, 5.41) is 7.32. The highest BCUT2D eigenvalue weighted by Gasteiger charge is 2.27. The Balaban J connectivity index is 0.00000225. The molecule has 3 rings (SSSR count). The quantitative estimate of drug-likeness (QED) is 0.856. The zero-order valence-corrected chi connectivity index (χ0v) is 16.0. The number of carbonyl (C=O) groups excluding carboxylic acids is 1. The molecule has 1 saturated heterocycles. The number of hydrogen-bond acceptors (Lipinski definition) is 6. The van der Waals surface area contributed by atoms with Crippen LogP contribution in [0.4, 0.5) is 0 Å². The number of halogens is 1. The number of rotatable bonds is 5. The second-order valence-corrected chi connectivity index (χ2v) is 6.87. The molecule has 2 aromatic rings. The van der Waals surface area contributed by atoms with Crippen LogP contribution in [-0.4, -0.2) is 46.3 Å². The number of hydrogen-bond donors (Lipinski definition) is 1. The predicted molar refractivity (Wildman–Crippen MR) is 101 cm³/mol. The molecule has 136 valence electrons. The number of thioether (sulfide) groups is 1. The lowest BCUT2D eigenvalue weighted by atomic mass is 10.1. The largest absolute Gasteiger partial charge is 0.361 e. The van der Waals surface area contributed by atoms with E-state index in [9.17, 15) is 4.79 Å². The number of nitrogens with zero attached hydrogens (tertiary/aromatic N) is 3. The van der Waals surface area contributed by atoms with Gasteiger partial charge in [0.15, 0.2) is 0 Å². The molecule has 1 amide bonds. The lowest BCUT2D eigenvalue weighted by Gasteiger charge is -2.36. The van der Waals surface area contributed by atoms with Crippen molar-refractivity contribution in [3.63, 3.8) is 0 Å². The van der Waals surface area contributed by atoms with Gasteiger partial charge in [-0.1, -0.05) is 11.2 Å². The summed E-state index contributed by atoms with van der Waals surface area (Å²) in [5.74, 6) is 2.21. The van der Waals surface area contributed by atoms with Crippen LogP contribution >= 0.6 is 24.2 Å². The molecule has 1 atom stereocenters. The van der Waals surface area contributed by atoms with Crippen molar-refractivity contribution in [1.82, 2.24) is 20.4 Å². The third-order valence-corrected chi connectivity index (χ3v) is 5.23. The van der Waals surface area contributed by atoms with E-state index < -0.39 is 0 Å². The van der Waals surface area contributed by atoms with Gasteiger partial charge in [0, 0.05) is 43.3 Å². The molecule has 0 saturated carbocycles. The summed E-state index contributed by atoms with van der Waals surface area (Å²) in [4.78, 5) is 18.8. The minimum absolute atomic E-state index is 0. The molecule has 2 aromatic heterocycles. The zero-order chi connectivity index (χ0) is 16.9. The van der Waals surface area contributed by atoms with Gasteiger partial charge in [-0.15, -0.1) is 24.2 Å². The molecule has 0 aromatic carbocycles. The van der Waals surface area contributed by atoms with Crippen molar-refractivity contribution in [3.05, 3.63) is 47.1 Å². The summed E-state index contributed by atoms with van der Waals surface area (Å²) in [5.41, 5.74) is 3.08. The minimum Gasteiger partial charge on any atom is -0.361 e. The van der Waals surface area contributed by atoms with Crippen molar-refractivity contribution in [1.29, 1.82) is 0 Å². The van der Waals surface area contributed by atoms with Gasteiger partial charge in [-0.2, -0.15) is 0 Å². The molecule has 0 radical (unpaired) electrons. The summed E-state index contributed by atoms with van der Waals surface area (Å²) in [7, 11) is 0. The van der Waals surface area contributed by atoms with Crippen molar-refractivity contribution in [2.24, 2.45) is 0 Å². The van der Waals surface area contributed by atoms with Crippen LogP contribution in [0.3, 0.4) is 0 Å². The van der Waals surface area contributed by atoms with Crippen molar-refractivity contribution in [3.8, 4) is 0 Å². The molecule has 25 heavy (non-hydrogen) atoms. The predicted octanol–water partition coefficient (Wildman–Crippen LogP) is 2.51. The highest BCUT2D eigenvalue weighted by molar-refractivity contribution is 7.99. The zero-order valence-electron chi connectivity index (χ0n) is 14.4. The van der Waals surface area contributed by atoms with Crippen LogP contribution in [0.15, 0.2) is 29.0 Å². The van der Waals surface area contributed by atoms with E-state index in [1.807, 2.05) is 37.1 Å². The van der Waals surface area contributed by atoms with Gasteiger partial charge in [0.2, 0.25) is 5.91 Å². The highest BCUT2D eigenvalue weighted by atomic mass is 35.5. The maximum Gasteiger partial charge on any atom is 0.233 e. The van der Waals surface area contributed by atoms with Crippen LogP contribution in [0.1, 0.15) is 28.6 Å². The van der Waals surface area contributed by atoms with Crippen molar-refractivity contribution in [2.45, 2.75) is 25.6 Å². The monoisotopic (exact) mass is 382 g/mol. The Hall–Kier alpha value is -1.57. The number of carbonyl (C=O) groups is 1. The van der Waals surface area contributed by atoms with Gasteiger partial charge in [0.25, 0.3) is 0 Å². The van der Waals surface area contributed by atoms with E-state index in [1.54, 1.807) is 18.0 Å². The first-order chi connectivity index (χ1) is 11.7. The molecule has 1 fully saturated rings. The Kier molecular flexibility index (Phi) is 7.28. The van der Waals surface area contributed by atoms with Gasteiger partial charge in [0.05, 0.1) is 17.5 Å². The Labute approximate surface area is 158 Å². The van der Waals surface area contributed by atoms with Crippen LogP contribution in [0, 0.1) is 13.8 Å². The Morgan fingerprint density at radius 2 is 2.32 bits per heavy atom. The highest BCUT2D eigenvalue weighted by Crippen LogP contribution is 2.24. The van der Waals surface area contributed by atoms with E-state index in [0.717, 1.165) is 48.0 Å². The SMILES string of the molecule is Cc1noc(C)c1CSCC(=O)N1CCNCC1c1cccnc1.Cl. The van der Waals surface area contributed by atoms with Gasteiger partial charge in [-0.05, 0) is 25.5 Å². The third kappa shape index (κ3) is 4.74. The molecule has 1 aliphatic rings. The lowest BCUT2D eigenvalue weighted by molar-refractivity contribution is -0.131. The fourth-order valence-corrected chi connectivity index (χ4v) is 3.96. The molecule has 0 aliphatic carbocycles. The molecular formula is C17H23ClN4O2S. The molecule has 0 spiro atoms. The first-order valence-electron chi connectivity index (χ1n) is 8.06. The van der Waals surface area contributed by atoms with E-state index in [2.05, 4.69) is 15.5 Å². The number of piperazine rings is 1. The van der Waals surface area contributed by atoms with E-state index >= 15 is 0 Å². The summed E-state index contributed by atoms with van der Waals surface area (Å²) in [6.45, 7) is 6.17. The van der Waals surface area contributed by atoms with Gasteiger partial charge < -0.3 is 14.7 Å². The summed E-state index contributed by atoms with van der Waals surface area (Å²) in [6.07, 6.45) is 3.60. The normalized spacial score (nSPS) is 17.2. The molecule has 8 heteroatoms.